The molecule has 0 fully saturated rings. The second kappa shape index (κ2) is 6.20. The summed E-state index contributed by atoms with van der Waals surface area (Å²) < 4.78 is 13.5. The third-order valence-corrected chi connectivity index (χ3v) is 2.73. The zero-order valence-electron chi connectivity index (χ0n) is 9.65. The van der Waals surface area contributed by atoms with Crippen LogP contribution in [0.3, 0.4) is 0 Å². The van der Waals surface area contributed by atoms with Crippen molar-refractivity contribution < 1.29 is 9.60 Å². The van der Waals surface area contributed by atoms with Crippen LogP contribution in [0, 0.1) is 5.82 Å². The molecule has 1 unspecified atom stereocenters. The summed E-state index contributed by atoms with van der Waals surface area (Å²) in [5.74, 6) is -0.175. The van der Waals surface area contributed by atoms with Crippen molar-refractivity contribution >= 4 is 6.21 Å². The molecule has 1 aromatic rings. The summed E-state index contributed by atoms with van der Waals surface area (Å²) in [5, 5.41) is 11.4. The first-order valence-electron chi connectivity index (χ1n) is 5.55. The molecule has 0 bridgehead atoms. The van der Waals surface area contributed by atoms with Crippen LogP contribution in [-0.2, 0) is 0 Å². The molecule has 16 heavy (non-hydrogen) atoms. The molecule has 0 spiro atoms. The quantitative estimate of drug-likeness (QED) is 0.473. The van der Waals surface area contributed by atoms with Gasteiger partial charge in [0.1, 0.15) is 0 Å². The predicted octanol–water partition coefficient (Wildman–Crippen LogP) is 3.32. The van der Waals surface area contributed by atoms with Crippen molar-refractivity contribution in [2.24, 2.45) is 5.16 Å². The van der Waals surface area contributed by atoms with E-state index < -0.39 is 5.82 Å². The number of hydrogen-bond acceptors (Lipinski definition) is 3. The molecule has 3 nitrogen and oxygen atoms in total. The summed E-state index contributed by atoms with van der Waals surface area (Å²) in [6.45, 7) is 4.15. The maximum Gasteiger partial charge on any atom is 0.150 e. The molecule has 0 aliphatic rings. The van der Waals surface area contributed by atoms with Gasteiger partial charge in [-0.15, -0.1) is 0 Å². The van der Waals surface area contributed by atoms with Gasteiger partial charge in [0, 0.05) is 11.8 Å². The molecule has 0 aliphatic carbocycles. The predicted molar refractivity (Wildman–Crippen MR) is 61.5 cm³/mol. The van der Waals surface area contributed by atoms with Crippen molar-refractivity contribution in [3.8, 4) is 0 Å². The van der Waals surface area contributed by atoms with Gasteiger partial charge in [0.15, 0.2) is 5.82 Å². The summed E-state index contributed by atoms with van der Waals surface area (Å²) in [6, 6.07) is 0. The fourth-order valence-electron chi connectivity index (χ4n) is 1.91. The Hall–Kier alpha value is -1.45. The molecule has 1 heterocycles. The molecule has 1 aromatic heterocycles. The lowest BCUT2D eigenvalue weighted by Crippen LogP contribution is -2.05. The maximum absolute atomic E-state index is 13.5. The normalized spacial score (nSPS) is 13.2. The van der Waals surface area contributed by atoms with E-state index in [-0.39, 0.29) is 5.92 Å². The molecule has 0 radical (unpaired) electrons. The fraction of sp³-hybridized carbons (Fsp3) is 0.500. The van der Waals surface area contributed by atoms with E-state index >= 15 is 0 Å². The van der Waals surface area contributed by atoms with Gasteiger partial charge < -0.3 is 5.21 Å². The SMILES string of the molecule is CCCC(CC)c1cncc(F)c1/C=N/O. The minimum absolute atomic E-state index is 0.265. The molecule has 1 rings (SSSR count). The molecule has 88 valence electrons. The Bertz CT molecular complexity index is 366. The molecular weight excluding hydrogens is 207 g/mol. The fourth-order valence-corrected chi connectivity index (χ4v) is 1.91. The Morgan fingerprint density at radius 2 is 2.25 bits per heavy atom. The Morgan fingerprint density at radius 1 is 1.50 bits per heavy atom. The minimum atomic E-state index is -0.440. The van der Waals surface area contributed by atoms with Crippen LogP contribution in [0.4, 0.5) is 4.39 Å². The average molecular weight is 224 g/mol. The Morgan fingerprint density at radius 3 is 2.81 bits per heavy atom. The van der Waals surface area contributed by atoms with E-state index in [4.69, 9.17) is 5.21 Å². The summed E-state index contributed by atoms with van der Waals surface area (Å²) in [7, 11) is 0. The smallest absolute Gasteiger partial charge is 0.150 e. The van der Waals surface area contributed by atoms with Crippen molar-refractivity contribution in [2.45, 2.75) is 39.0 Å². The molecule has 1 atom stereocenters. The molecule has 4 heteroatoms. The third kappa shape index (κ3) is 2.78. The van der Waals surface area contributed by atoms with Gasteiger partial charge in [0.25, 0.3) is 0 Å². The zero-order chi connectivity index (χ0) is 12.0. The van der Waals surface area contributed by atoms with Crippen LogP contribution >= 0.6 is 0 Å². The van der Waals surface area contributed by atoms with Gasteiger partial charge in [-0.25, -0.2) is 4.39 Å². The molecule has 0 saturated heterocycles. The summed E-state index contributed by atoms with van der Waals surface area (Å²) in [6.07, 6.45) is 6.87. The van der Waals surface area contributed by atoms with E-state index in [0.29, 0.717) is 5.56 Å². The highest BCUT2D eigenvalue weighted by Gasteiger charge is 2.15. The van der Waals surface area contributed by atoms with Gasteiger partial charge in [-0.1, -0.05) is 25.4 Å². The van der Waals surface area contributed by atoms with Crippen LogP contribution in [0.15, 0.2) is 17.5 Å². The van der Waals surface area contributed by atoms with E-state index in [9.17, 15) is 4.39 Å². The number of nitrogens with zero attached hydrogens (tertiary/aromatic N) is 2. The molecule has 0 aromatic carbocycles. The molecule has 0 aliphatic heterocycles. The van der Waals surface area contributed by atoms with Gasteiger partial charge in [0.2, 0.25) is 0 Å². The number of rotatable bonds is 5. The van der Waals surface area contributed by atoms with E-state index in [2.05, 4.69) is 24.0 Å². The minimum Gasteiger partial charge on any atom is -0.411 e. The van der Waals surface area contributed by atoms with Crippen LogP contribution in [0.1, 0.15) is 50.2 Å². The largest absolute Gasteiger partial charge is 0.411 e. The van der Waals surface area contributed by atoms with Crippen molar-refractivity contribution in [1.29, 1.82) is 0 Å². The maximum atomic E-state index is 13.5. The first-order chi connectivity index (χ1) is 7.74. The Balaban J connectivity index is 3.14. The van der Waals surface area contributed by atoms with Gasteiger partial charge in [-0.05, 0) is 24.3 Å². The monoisotopic (exact) mass is 224 g/mol. The standard InChI is InChI=1S/C12H17FN2O/c1-3-5-9(4-2)10-6-14-8-12(13)11(10)7-15-16/h6-9,16H,3-5H2,1-2H3/b15-7+. The van der Waals surface area contributed by atoms with Crippen LogP contribution in [0.25, 0.3) is 0 Å². The van der Waals surface area contributed by atoms with Crippen molar-refractivity contribution in [1.82, 2.24) is 4.98 Å². The number of pyridine rings is 1. The molecule has 1 N–H and O–H groups in total. The topological polar surface area (TPSA) is 45.5 Å². The number of aromatic nitrogens is 1. The van der Waals surface area contributed by atoms with Gasteiger partial charge in [-0.3, -0.25) is 4.98 Å². The second-order valence-corrected chi connectivity index (χ2v) is 3.76. The highest BCUT2D eigenvalue weighted by atomic mass is 19.1. The van der Waals surface area contributed by atoms with Crippen molar-refractivity contribution in [2.75, 3.05) is 0 Å². The number of halogens is 1. The summed E-state index contributed by atoms with van der Waals surface area (Å²) in [4.78, 5) is 3.86. The third-order valence-electron chi connectivity index (χ3n) is 2.73. The average Bonchev–Trinajstić information content (AvgIpc) is 2.29. The van der Waals surface area contributed by atoms with Gasteiger partial charge >= 0.3 is 0 Å². The molecule has 0 amide bonds. The highest BCUT2D eigenvalue weighted by Crippen LogP contribution is 2.27. The first-order valence-corrected chi connectivity index (χ1v) is 5.55. The number of hydrogen-bond donors (Lipinski definition) is 1. The van der Waals surface area contributed by atoms with Crippen LogP contribution in [-0.4, -0.2) is 16.4 Å². The van der Waals surface area contributed by atoms with Crippen LogP contribution < -0.4 is 0 Å². The Kier molecular flexibility index (Phi) is 4.89. The summed E-state index contributed by atoms with van der Waals surface area (Å²) >= 11 is 0. The van der Waals surface area contributed by atoms with Crippen molar-refractivity contribution in [3.05, 3.63) is 29.3 Å². The lowest BCUT2D eigenvalue weighted by molar-refractivity contribution is 0.321. The highest BCUT2D eigenvalue weighted by molar-refractivity contribution is 5.81. The molecule has 0 saturated carbocycles. The lowest BCUT2D eigenvalue weighted by Gasteiger charge is -2.16. The zero-order valence-corrected chi connectivity index (χ0v) is 9.65. The van der Waals surface area contributed by atoms with E-state index in [1.54, 1.807) is 6.20 Å². The van der Waals surface area contributed by atoms with Crippen LogP contribution in [0.5, 0.6) is 0 Å². The van der Waals surface area contributed by atoms with Crippen molar-refractivity contribution in [3.63, 3.8) is 0 Å². The van der Waals surface area contributed by atoms with E-state index in [1.165, 1.54) is 0 Å². The van der Waals surface area contributed by atoms with Crippen LogP contribution in [0.2, 0.25) is 0 Å². The lowest BCUT2D eigenvalue weighted by atomic mass is 9.90. The van der Waals surface area contributed by atoms with Gasteiger partial charge in [0.05, 0.1) is 12.4 Å². The number of oxime groups is 1. The second-order valence-electron chi connectivity index (χ2n) is 3.76. The first kappa shape index (κ1) is 12.6. The Labute approximate surface area is 95.0 Å². The van der Waals surface area contributed by atoms with E-state index in [1.807, 2.05) is 0 Å². The van der Waals surface area contributed by atoms with Gasteiger partial charge in [-0.2, -0.15) is 0 Å². The summed E-state index contributed by atoms with van der Waals surface area (Å²) in [5.41, 5.74) is 1.17. The molecular formula is C12H17FN2O. The van der Waals surface area contributed by atoms with E-state index in [0.717, 1.165) is 37.2 Å².